The zero-order valence-electron chi connectivity index (χ0n) is 8.64. The maximum atomic E-state index is 11.7. The molecule has 0 saturated heterocycles. The van der Waals surface area contributed by atoms with Gasteiger partial charge in [0, 0.05) is 6.54 Å². The number of fused-ring (bicyclic) bond motifs is 1. The molecule has 16 heavy (non-hydrogen) atoms. The first-order valence-electron chi connectivity index (χ1n) is 4.96. The highest BCUT2D eigenvalue weighted by atomic mass is 32.1. The van der Waals surface area contributed by atoms with Gasteiger partial charge < -0.3 is 5.73 Å². The van der Waals surface area contributed by atoms with Crippen LogP contribution in [-0.4, -0.2) is 17.6 Å². The van der Waals surface area contributed by atoms with E-state index in [0.29, 0.717) is 12.2 Å². The first-order valence-corrected chi connectivity index (χ1v) is 5.59. The molecule has 0 fully saturated rings. The molecule has 1 aromatic carbocycles. The van der Waals surface area contributed by atoms with Crippen LogP contribution in [-0.2, 0) is 22.6 Å². The van der Waals surface area contributed by atoms with Gasteiger partial charge in [-0.25, -0.2) is 4.90 Å². The molecule has 0 aromatic heterocycles. The lowest BCUT2D eigenvalue weighted by Gasteiger charge is -2.14. The van der Waals surface area contributed by atoms with Gasteiger partial charge in [0.15, 0.2) is 0 Å². The Balaban J connectivity index is 2.42. The Labute approximate surface area is 98.8 Å². The highest BCUT2D eigenvalue weighted by Crippen LogP contribution is 2.29. The van der Waals surface area contributed by atoms with Crippen LogP contribution in [0.5, 0.6) is 0 Å². The molecule has 1 heterocycles. The minimum absolute atomic E-state index is 0.0316. The summed E-state index contributed by atoms with van der Waals surface area (Å²) in [7, 11) is 0. The number of hydrogen-bond donors (Lipinski definition) is 2. The number of nitrogens with two attached hydrogens (primary N) is 1. The Hall–Kier alpha value is -1.33. The molecule has 1 aliphatic heterocycles. The van der Waals surface area contributed by atoms with E-state index < -0.39 is 0 Å². The van der Waals surface area contributed by atoms with Crippen molar-refractivity contribution in [1.82, 2.24) is 0 Å². The molecular weight excluding hydrogens is 224 g/mol. The number of thiol groups is 1. The number of carbonyl (C=O) groups excluding carboxylic acids is 2. The molecule has 84 valence electrons. The summed E-state index contributed by atoms with van der Waals surface area (Å²) in [5, 5.41) is 0. The third-order valence-electron chi connectivity index (χ3n) is 2.60. The monoisotopic (exact) mass is 236 g/mol. The zero-order chi connectivity index (χ0) is 11.7. The van der Waals surface area contributed by atoms with Crippen molar-refractivity contribution in [2.45, 2.75) is 13.0 Å². The molecule has 2 N–H and O–H groups in total. The van der Waals surface area contributed by atoms with E-state index in [4.69, 9.17) is 5.73 Å². The molecule has 5 heteroatoms. The lowest BCUT2D eigenvalue weighted by atomic mass is 10.1. The molecule has 1 aromatic rings. The molecule has 2 rings (SSSR count). The smallest absolute Gasteiger partial charge is 0.243 e. The molecule has 0 spiro atoms. The predicted octanol–water partition coefficient (Wildman–Crippen LogP) is 0.491. The minimum atomic E-state index is -0.285. The summed E-state index contributed by atoms with van der Waals surface area (Å²) >= 11 is 3.90. The van der Waals surface area contributed by atoms with E-state index in [1.165, 1.54) is 4.90 Å². The van der Waals surface area contributed by atoms with Crippen molar-refractivity contribution < 1.29 is 9.59 Å². The van der Waals surface area contributed by atoms with Gasteiger partial charge >= 0.3 is 0 Å². The van der Waals surface area contributed by atoms with Crippen LogP contribution in [0.1, 0.15) is 11.1 Å². The summed E-state index contributed by atoms with van der Waals surface area (Å²) in [4.78, 5) is 24.4. The maximum absolute atomic E-state index is 11.7. The average molecular weight is 236 g/mol. The molecule has 0 bridgehead atoms. The van der Waals surface area contributed by atoms with Crippen LogP contribution in [0.3, 0.4) is 0 Å². The molecule has 0 aliphatic carbocycles. The molecule has 1 aliphatic rings. The summed E-state index contributed by atoms with van der Waals surface area (Å²) in [6.45, 7) is 0.433. The molecule has 2 amide bonds. The molecule has 0 radical (unpaired) electrons. The number of nitrogens with zero attached hydrogens (tertiary/aromatic N) is 1. The topological polar surface area (TPSA) is 63.4 Å². The average Bonchev–Trinajstić information content (AvgIpc) is 2.62. The lowest BCUT2D eigenvalue weighted by molar-refractivity contribution is -0.124. The van der Waals surface area contributed by atoms with Crippen molar-refractivity contribution in [1.29, 1.82) is 0 Å². The highest BCUT2D eigenvalue weighted by Gasteiger charge is 2.31. The van der Waals surface area contributed by atoms with Gasteiger partial charge in [-0.2, -0.15) is 12.6 Å². The van der Waals surface area contributed by atoms with E-state index >= 15 is 0 Å². The van der Waals surface area contributed by atoms with E-state index in [1.807, 2.05) is 12.1 Å². The van der Waals surface area contributed by atoms with E-state index in [2.05, 4.69) is 12.6 Å². The Bertz CT molecular complexity index is 459. The van der Waals surface area contributed by atoms with Gasteiger partial charge in [-0.1, -0.05) is 12.1 Å². The van der Waals surface area contributed by atoms with Crippen LogP contribution in [0.2, 0.25) is 0 Å². The standard InChI is InChI=1S/C11H12N2O2S/c12-5-7-1-2-9-8(3-7)4-10(14)13(9)11(15)6-16/h1-3,16H,4-6,12H2. The van der Waals surface area contributed by atoms with Gasteiger partial charge in [0.1, 0.15) is 0 Å². The van der Waals surface area contributed by atoms with Crippen molar-refractivity contribution in [3.63, 3.8) is 0 Å². The van der Waals surface area contributed by atoms with Gasteiger partial charge in [0.25, 0.3) is 0 Å². The summed E-state index contributed by atoms with van der Waals surface area (Å²) in [5.41, 5.74) is 8.02. The molecule has 0 unspecified atom stereocenters. The maximum Gasteiger partial charge on any atom is 0.243 e. The largest absolute Gasteiger partial charge is 0.326 e. The number of hydrogen-bond acceptors (Lipinski definition) is 4. The number of benzene rings is 1. The van der Waals surface area contributed by atoms with Gasteiger partial charge in [-0.15, -0.1) is 0 Å². The van der Waals surface area contributed by atoms with Crippen molar-refractivity contribution in [2.24, 2.45) is 5.73 Å². The van der Waals surface area contributed by atoms with Gasteiger partial charge in [-0.3, -0.25) is 9.59 Å². The quantitative estimate of drug-likeness (QED) is 0.735. The second-order valence-electron chi connectivity index (χ2n) is 3.62. The number of anilines is 1. The van der Waals surface area contributed by atoms with E-state index in [9.17, 15) is 9.59 Å². The third-order valence-corrected chi connectivity index (χ3v) is 2.87. The Morgan fingerprint density at radius 3 is 2.88 bits per heavy atom. The molecule has 0 saturated carbocycles. The number of amides is 2. The Morgan fingerprint density at radius 2 is 2.25 bits per heavy atom. The summed E-state index contributed by atoms with van der Waals surface area (Å²) < 4.78 is 0. The van der Waals surface area contributed by atoms with Crippen molar-refractivity contribution in [2.75, 3.05) is 10.7 Å². The summed E-state index contributed by atoms with van der Waals surface area (Å²) in [5.74, 6) is -0.445. The van der Waals surface area contributed by atoms with E-state index in [1.54, 1.807) is 6.07 Å². The number of imide groups is 1. The van der Waals surface area contributed by atoms with E-state index in [-0.39, 0.29) is 24.0 Å². The predicted molar refractivity (Wildman–Crippen MR) is 64.4 cm³/mol. The SMILES string of the molecule is NCc1ccc2c(c1)CC(=O)N2C(=O)CS. The zero-order valence-corrected chi connectivity index (χ0v) is 9.54. The fourth-order valence-corrected chi connectivity index (χ4v) is 1.99. The van der Waals surface area contributed by atoms with Crippen LogP contribution in [0.15, 0.2) is 18.2 Å². The van der Waals surface area contributed by atoms with Gasteiger partial charge in [-0.05, 0) is 17.2 Å². The highest BCUT2D eigenvalue weighted by molar-refractivity contribution is 7.81. The fourth-order valence-electron chi connectivity index (χ4n) is 1.85. The van der Waals surface area contributed by atoms with Crippen molar-refractivity contribution >= 4 is 30.1 Å². The Kier molecular flexibility index (Phi) is 2.98. The van der Waals surface area contributed by atoms with E-state index in [0.717, 1.165) is 11.1 Å². The van der Waals surface area contributed by atoms with Crippen LogP contribution in [0.4, 0.5) is 5.69 Å². The molecule has 0 atom stereocenters. The van der Waals surface area contributed by atoms with Gasteiger partial charge in [0.2, 0.25) is 11.8 Å². The number of carbonyl (C=O) groups is 2. The summed E-state index contributed by atoms with van der Waals surface area (Å²) in [6, 6.07) is 5.47. The van der Waals surface area contributed by atoms with Crippen LogP contribution in [0.25, 0.3) is 0 Å². The second-order valence-corrected chi connectivity index (χ2v) is 3.94. The second kappa shape index (κ2) is 4.27. The first-order chi connectivity index (χ1) is 7.67. The minimum Gasteiger partial charge on any atom is -0.326 e. The van der Waals surface area contributed by atoms with Crippen molar-refractivity contribution in [3.05, 3.63) is 29.3 Å². The van der Waals surface area contributed by atoms with Crippen LogP contribution >= 0.6 is 12.6 Å². The molecule has 4 nitrogen and oxygen atoms in total. The first kappa shape index (κ1) is 11.2. The summed E-state index contributed by atoms with van der Waals surface area (Å²) in [6.07, 6.45) is 0.267. The lowest BCUT2D eigenvalue weighted by Crippen LogP contribution is -2.34. The number of rotatable bonds is 2. The van der Waals surface area contributed by atoms with Crippen LogP contribution < -0.4 is 10.6 Å². The molecular formula is C11H12N2O2S. The Morgan fingerprint density at radius 1 is 1.50 bits per heavy atom. The van der Waals surface area contributed by atoms with Crippen LogP contribution in [0, 0.1) is 0 Å². The van der Waals surface area contributed by atoms with Crippen molar-refractivity contribution in [3.8, 4) is 0 Å². The fraction of sp³-hybridized carbons (Fsp3) is 0.273. The third kappa shape index (κ3) is 1.72. The van der Waals surface area contributed by atoms with Gasteiger partial charge in [0.05, 0.1) is 17.9 Å². The normalized spacial score (nSPS) is 14.1.